The monoisotopic (exact) mass is 428 g/mol. The first-order valence-electron chi connectivity index (χ1n) is 8.96. The molecule has 2 aromatic carbocycles. The van der Waals surface area contributed by atoms with E-state index in [0.717, 1.165) is 11.1 Å². The maximum Gasteiger partial charge on any atom is 0.338 e. The summed E-state index contributed by atoms with van der Waals surface area (Å²) in [6.45, 7) is 3.92. The lowest BCUT2D eigenvalue weighted by Gasteiger charge is -2.45. The second-order valence-electron chi connectivity index (χ2n) is 6.71. The van der Waals surface area contributed by atoms with Crippen LogP contribution >= 0.6 is 24.2 Å². The molecule has 2 aliphatic rings. The summed E-state index contributed by atoms with van der Waals surface area (Å²) in [5.74, 6) is -0.0696. The van der Waals surface area contributed by atoms with E-state index in [-0.39, 0.29) is 29.3 Å². The Bertz CT molecular complexity index is 910. The lowest BCUT2D eigenvalue weighted by atomic mass is 10.0. The van der Waals surface area contributed by atoms with Gasteiger partial charge in [0, 0.05) is 12.0 Å². The summed E-state index contributed by atoms with van der Waals surface area (Å²) in [4.78, 5) is 26.3. The highest BCUT2D eigenvalue weighted by molar-refractivity contribution is 8.00. The Kier molecular flexibility index (Phi) is 6.47. The Labute approximate surface area is 180 Å². The second kappa shape index (κ2) is 8.86. The molecule has 2 atom stereocenters. The van der Waals surface area contributed by atoms with Crippen molar-refractivity contribution in [1.29, 1.82) is 0 Å². The lowest BCUT2D eigenvalue weighted by Crippen LogP contribution is -2.66. The molecule has 1 saturated heterocycles. The molecule has 2 heterocycles. The Morgan fingerprint density at radius 3 is 2.21 bits per heavy atom. The normalized spacial score (nSPS) is 20.1. The molecule has 5 nitrogen and oxygen atoms in total. The van der Waals surface area contributed by atoms with Crippen molar-refractivity contribution in [3.05, 3.63) is 95.7 Å². The van der Waals surface area contributed by atoms with Gasteiger partial charge in [-0.1, -0.05) is 67.2 Å². The number of β-lactam (4-membered cyclic amide) rings is 1. The molecular weight excluding hydrogens is 408 g/mol. The number of amides is 1. The van der Waals surface area contributed by atoms with Gasteiger partial charge in [-0.05, 0) is 16.7 Å². The third kappa shape index (κ3) is 4.10. The molecule has 2 aliphatic heterocycles. The SMILES string of the molecule is C=C(C(=O)OC(c1ccccc1)c1ccccc1)C1=CN2C(=O)C(N)[C@H]2SC1.Cl. The zero-order valence-electron chi connectivity index (χ0n) is 15.6. The van der Waals surface area contributed by atoms with Crippen LogP contribution in [0.25, 0.3) is 0 Å². The molecule has 4 rings (SSSR count). The van der Waals surface area contributed by atoms with Gasteiger partial charge in [-0.25, -0.2) is 4.79 Å². The van der Waals surface area contributed by atoms with Crippen molar-refractivity contribution in [1.82, 2.24) is 4.90 Å². The fourth-order valence-electron chi connectivity index (χ4n) is 3.27. The Morgan fingerprint density at radius 2 is 1.66 bits per heavy atom. The van der Waals surface area contributed by atoms with Crippen LogP contribution in [0.5, 0.6) is 0 Å². The summed E-state index contributed by atoms with van der Waals surface area (Å²) in [6, 6.07) is 18.7. The minimum atomic E-state index is -0.532. The molecular formula is C22H21ClN2O3S. The van der Waals surface area contributed by atoms with Crippen molar-refractivity contribution in [2.24, 2.45) is 5.73 Å². The average molecular weight is 429 g/mol. The van der Waals surface area contributed by atoms with E-state index in [1.807, 2.05) is 60.7 Å². The van der Waals surface area contributed by atoms with E-state index in [4.69, 9.17) is 10.5 Å². The smallest absolute Gasteiger partial charge is 0.338 e. The van der Waals surface area contributed by atoms with E-state index in [0.29, 0.717) is 11.3 Å². The first-order valence-corrected chi connectivity index (χ1v) is 10.0. The number of halogens is 1. The molecule has 7 heteroatoms. The Balaban J connectivity index is 0.00000240. The molecule has 150 valence electrons. The van der Waals surface area contributed by atoms with E-state index < -0.39 is 18.1 Å². The number of rotatable bonds is 5. The number of ether oxygens (including phenoxy) is 1. The fraction of sp³-hybridized carbons (Fsp3) is 0.182. The quantitative estimate of drug-likeness (QED) is 0.448. The number of fused-ring (bicyclic) bond motifs is 1. The molecule has 29 heavy (non-hydrogen) atoms. The van der Waals surface area contributed by atoms with Gasteiger partial charge in [0.15, 0.2) is 6.10 Å². The zero-order chi connectivity index (χ0) is 19.7. The molecule has 0 aliphatic carbocycles. The van der Waals surface area contributed by atoms with Crippen LogP contribution in [-0.2, 0) is 14.3 Å². The number of hydrogen-bond donors (Lipinski definition) is 1. The minimum Gasteiger partial charge on any atom is -0.449 e. The standard InChI is InChI=1S/C22H20N2O3S.ClH/c1-14(17-12-24-20(25)18(23)21(24)28-13-17)22(26)27-19(15-8-4-2-5-9-15)16-10-6-3-7-11-16;/h2-12,18-19,21H,1,13,23H2;1H/t18?,21-;/m1./s1. The maximum atomic E-state index is 12.9. The van der Waals surface area contributed by atoms with Gasteiger partial charge in [0.2, 0.25) is 5.91 Å². The van der Waals surface area contributed by atoms with Gasteiger partial charge in [0.1, 0.15) is 11.4 Å². The van der Waals surface area contributed by atoms with Crippen molar-refractivity contribution < 1.29 is 14.3 Å². The summed E-state index contributed by atoms with van der Waals surface area (Å²) >= 11 is 1.53. The number of thioether (sulfide) groups is 1. The molecule has 1 unspecified atom stereocenters. The van der Waals surface area contributed by atoms with Gasteiger partial charge in [-0.2, -0.15) is 0 Å². The first kappa shape index (κ1) is 21.2. The molecule has 1 fully saturated rings. The fourth-order valence-corrected chi connectivity index (χ4v) is 4.52. The van der Waals surface area contributed by atoms with Crippen LogP contribution in [0.15, 0.2) is 84.6 Å². The van der Waals surface area contributed by atoms with Crippen LogP contribution in [0, 0.1) is 0 Å². The summed E-state index contributed by atoms with van der Waals surface area (Å²) in [5.41, 5.74) is 8.50. The first-order chi connectivity index (χ1) is 13.6. The van der Waals surface area contributed by atoms with Gasteiger partial charge < -0.3 is 15.4 Å². The molecule has 0 bridgehead atoms. The summed E-state index contributed by atoms with van der Waals surface area (Å²) < 4.78 is 5.85. The van der Waals surface area contributed by atoms with E-state index >= 15 is 0 Å². The predicted molar refractivity (Wildman–Crippen MR) is 116 cm³/mol. The van der Waals surface area contributed by atoms with Crippen molar-refractivity contribution in [3.8, 4) is 0 Å². The second-order valence-corrected chi connectivity index (χ2v) is 7.82. The highest BCUT2D eigenvalue weighted by atomic mass is 35.5. The molecule has 1 amide bonds. The number of carbonyl (C=O) groups excluding carboxylic acids is 2. The van der Waals surface area contributed by atoms with Crippen molar-refractivity contribution in [2.45, 2.75) is 17.5 Å². The minimum absolute atomic E-state index is 0. The van der Waals surface area contributed by atoms with Gasteiger partial charge in [-0.15, -0.1) is 24.2 Å². The number of benzene rings is 2. The largest absolute Gasteiger partial charge is 0.449 e. The maximum absolute atomic E-state index is 12.9. The highest BCUT2D eigenvalue weighted by Crippen LogP contribution is 2.37. The van der Waals surface area contributed by atoms with Crippen molar-refractivity contribution in [3.63, 3.8) is 0 Å². The van der Waals surface area contributed by atoms with Gasteiger partial charge in [0.05, 0.1) is 5.57 Å². The van der Waals surface area contributed by atoms with E-state index in [1.54, 1.807) is 11.1 Å². The van der Waals surface area contributed by atoms with Crippen LogP contribution in [-0.4, -0.2) is 33.9 Å². The number of nitrogens with two attached hydrogens (primary N) is 1. The number of nitrogens with zero attached hydrogens (tertiary/aromatic N) is 1. The molecule has 0 spiro atoms. The van der Waals surface area contributed by atoms with Crippen molar-refractivity contribution in [2.75, 3.05) is 5.75 Å². The summed E-state index contributed by atoms with van der Waals surface area (Å²) in [5, 5.41) is -0.0542. The van der Waals surface area contributed by atoms with Gasteiger partial charge in [-0.3, -0.25) is 4.79 Å². The van der Waals surface area contributed by atoms with E-state index in [2.05, 4.69) is 6.58 Å². The van der Waals surface area contributed by atoms with Crippen LogP contribution in [0.4, 0.5) is 0 Å². The third-order valence-electron chi connectivity index (χ3n) is 4.89. The lowest BCUT2D eigenvalue weighted by molar-refractivity contribution is -0.143. The molecule has 0 saturated carbocycles. The molecule has 0 radical (unpaired) electrons. The number of esters is 1. The zero-order valence-corrected chi connectivity index (χ0v) is 17.2. The molecule has 2 aromatic rings. The highest BCUT2D eigenvalue weighted by Gasteiger charge is 2.46. The van der Waals surface area contributed by atoms with E-state index in [9.17, 15) is 9.59 Å². The number of hydrogen-bond acceptors (Lipinski definition) is 5. The molecule has 2 N–H and O–H groups in total. The molecule has 0 aromatic heterocycles. The summed E-state index contributed by atoms with van der Waals surface area (Å²) in [7, 11) is 0. The number of carbonyl (C=O) groups is 2. The third-order valence-corrected chi connectivity index (χ3v) is 6.23. The average Bonchev–Trinajstić information content (AvgIpc) is 2.76. The van der Waals surface area contributed by atoms with Gasteiger partial charge >= 0.3 is 5.97 Å². The Morgan fingerprint density at radius 1 is 1.10 bits per heavy atom. The van der Waals surface area contributed by atoms with E-state index in [1.165, 1.54) is 11.8 Å². The van der Waals surface area contributed by atoms with Gasteiger partial charge in [0.25, 0.3) is 0 Å². The van der Waals surface area contributed by atoms with Crippen LogP contribution < -0.4 is 5.73 Å². The van der Waals surface area contributed by atoms with Crippen LogP contribution in [0.3, 0.4) is 0 Å². The summed E-state index contributed by atoms with van der Waals surface area (Å²) in [6.07, 6.45) is 1.14. The Hall–Kier alpha value is -2.54. The van der Waals surface area contributed by atoms with Crippen LogP contribution in [0.2, 0.25) is 0 Å². The van der Waals surface area contributed by atoms with Crippen LogP contribution in [0.1, 0.15) is 17.2 Å². The topological polar surface area (TPSA) is 72.6 Å². The predicted octanol–water partition coefficient (Wildman–Crippen LogP) is 3.42. The van der Waals surface area contributed by atoms with Crippen molar-refractivity contribution >= 4 is 36.0 Å².